The zero-order valence-corrected chi connectivity index (χ0v) is 8.61. The van der Waals surface area contributed by atoms with Crippen molar-refractivity contribution in [1.29, 1.82) is 0 Å². The molecule has 2 rings (SSSR count). The molecule has 1 fully saturated rings. The van der Waals surface area contributed by atoms with Crippen LogP contribution >= 0.6 is 0 Å². The summed E-state index contributed by atoms with van der Waals surface area (Å²) in [5.74, 6) is -0.424. The average Bonchev–Trinajstić information content (AvgIpc) is 2.53. The van der Waals surface area contributed by atoms with Crippen molar-refractivity contribution in [1.82, 2.24) is 9.88 Å². The summed E-state index contributed by atoms with van der Waals surface area (Å²) in [7, 11) is 1.78. The zero-order valence-electron chi connectivity index (χ0n) is 8.61. The molecule has 0 spiro atoms. The van der Waals surface area contributed by atoms with Gasteiger partial charge in [0.05, 0.1) is 0 Å². The quantitative estimate of drug-likeness (QED) is 0.685. The highest BCUT2D eigenvalue weighted by Gasteiger charge is 2.29. The van der Waals surface area contributed by atoms with Gasteiger partial charge in [0.2, 0.25) is 11.9 Å². The number of halogens is 1. The zero-order chi connectivity index (χ0) is 10.8. The number of hydrogen-bond acceptors (Lipinski definition) is 2. The fraction of sp³-hybridized carbons (Fsp3) is 0.455. The normalized spacial score (nSPS) is 21.1. The molecule has 15 heavy (non-hydrogen) atoms. The molecule has 1 aliphatic heterocycles. The van der Waals surface area contributed by atoms with Crippen molar-refractivity contribution in [3.63, 3.8) is 0 Å². The number of hydrogen-bond donors (Lipinski definition) is 0. The van der Waals surface area contributed by atoms with Gasteiger partial charge in [0.25, 0.3) is 0 Å². The van der Waals surface area contributed by atoms with E-state index in [1.54, 1.807) is 24.1 Å². The number of carbonyl (C=O) groups excluding carboxylic acids is 1. The second-order valence-electron chi connectivity index (χ2n) is 3.90. The third-order valence-corrected chi connectivity index (χ3v) is 2.84. The first-order chi connectivity index (χ1) is 7.18. The molecule has 1 aromatic rings. The highest BCUT2D eigenvalue weighted by Crippen LogP contribution is 2.21. The third-order valence-electron chi connectivity index (χ3n) is 2.84. The predicted molar refractivity (Wildman–Crippen MR) is 53.6 cm³/mol. The molecule has 2 heterocycles. The Morgan fingerprint density at radius 3 is 3.07 bits per heavy atom. The summed E-state index contributed by atoms with van der Waals surface area (Å²) < 4.78 is 13.2. The average molecular weight is 208 g/mol. The van der Waals surface area contributed by atoms with E-state index >= 15 is 0 Å². The van der Waals surface area contributed by atoms with Gasteiger partial charge in [-0.05, 0) is 18.9 Å². The second-order valence-corrected chi connectivity index (χ2v) is 3.90. The molecule has 1 aromatic heterocycles. The lowest BCUT2D eigenvalue weighted by atomic mass is 9.99. The van der Waals surface area contributed by atoms with E-state index in [0.717, 1.165) is 13.0 Å². The maximum Gasteiger partial charge on any atom is 0.225 e. The van der Waals surface area contributed by atoms with Crippen LogP contribution in [0, 0.1) is 11.9 Å². The Hall–Kier alpha value is -1.45. The van der Waals surface area contributed by atoms with E-state index in [0.29, 0.717) is 12.0 Å². The molecule has 0 saturated carbocycles. The predicted octanol–water partition coefficient (Wildman–Crippen LogP) is 1.24. The van der Waals surface area contributed by atoms with Crippen LogP contribution < -0.4 is 0 Å². The highest BCUT2D eigenvalue weighted by molar-refractivity contribution is 5.80. The van der Waals surface area contributed by atoms with Gasteiger partial charge in [-0.1, -0.05) is 6.07 Å². The van der Waals surface area contributed by atoms with Crippen molar-refractivity contribution in [2.75, 3.05) is 13.6 Å². The first-order valence-electron chi connectivity index (χ1n) is 5.03. The topological polar surface area (TPSA) is 33.2 Å². The van der Waals surface area contributed by atoms with Crippen LogP contribution in [0.3, 0.4) is 0 Å². The summed E-state index contributed by atoms with van der Waals surface area (Å²) in [6, 6.07) is 3.38. The maximum absolute atomic E-state index is 13.2. The summed E-state index contributed by atoms with van der Waals surface area (Å²) >= 11 is 0. The first kappa shape index (κ1) is 10.1. The molecule has 0 aromatic carbocycles. The van der Waals surface area contributed by atoms with Crippen molar-refractivity contribution < 1.29 is 9.18 Å². The molecule has 1 aliphatic rings. The Morgan fingerprint density at radius 2 is 2.47 bits per heavy atom. The molecular formula is C11H13FN2O. The van der Waals surface area contributed by atoms with Gasteiger partial charge in [0.15, 0.2) is 0 Å². The van der Waals surface area contributed by atoms with Gasteiger partial charge in [-0.2, -0.15) is 4.39 Å². The fourth-order valence-corrected chi connectivity index (χ4v) is 1.92. The van der Waals surface area contributed by atoms with Crippen LogP contribution in [0.1, 0.15) is 12.0 Å². The summed E-state index contributed by atoms with van der Waals surface area (Å²) in [6.07, 6.45) is 2.69. The smallest absolute Gasteiger partial charge is 0.225 e. The number of rotatable bonds is 2. The van der Waals surface area contributed by atoms with Crippen molar-refractivity contribution in [2.45, 2.75) is 12.8 Å². The van der Waals surface area contributed by atoms with Gasteiger partial charge >= 0.3 is 0 Å². The lowest BCUT2D eigenvalue weighted by Crippen LogP contribution is -2.23. The van der Waals surface area contributed by atoms with Crippen molar-refractivity contribution in [3.8, 4) is 0 Å². The van der Waals surface area contributed by atoms with E-state index in [2.05, 4.69) is 4.98 Å². The lowest BCUT2D eigenvalue weighted by Gasteiger charge is -2.10. The molecule has 0 bridgehead atoms. The Bertz CT molecular complexity index is 381. The van der Waals surface area contributed by atoms with Gasteiger partial charge in [-0.25, -0.2) is 4.98 Å². The molecule has 80 valence electrons. The van der Waals surface area contributed by atoms with E-state index in [9.17, 15) is 9.18 Å². The summed E-state index contributed by atoms with van der Waals surface area (Å²) in [4.78, 5) is 16.9. The van der Waals surface area contributed by atoms with Crippen LogP contribution in [0.2, 0.25) is 0 Å². The molecular weight excluding hydrogens is 195 g/mol. The van der Waals surface area contributed by atoms with Crippen LogP contribution in [-0.4, -0.2) is 29.4 Å². The SMILES string of the molecule is CN1CCC(Cc2cccnc2F)C1=O. The maximum atomic E-state index is 13.2. The van der Waals surface area contributed by atoms with Gasteiger partial charge in [0, 0.05) is 31.3 Å². The number of carbonyl (C=O) groups is 1. The Kier molecular flexibility index (Phi) is 2.66. The molecule has 4 heteroatoms. The minimum absolute atomic E-state index is 0.0753. The van der Waals surface area contributed by atoms with E-state index in [4.69, 9.17) is 0 Å². The molecule has 0 radical (unpaired) electrons. The van der Waals surface area contributed by atoms with Gasteiger partial charge in [-0.3, -0.25) is 4.79 Å². The van der Waals surface area contributed by atoms with Crippen LogP contribution in [0.4, 0.5) is 4.39 Å². The lowest BCUT2D eigenvalue weighted by molar-refractivity contribution is -0.129. The summed E-state index contributed by atoms with van der Waals surface area (Å²) in [5, 5.41) is 0. The summed E-state index contributed by atoms with van der Waals surface area (Å²) in [5.41, 5.74) is 0.533. The highest BCUT2D eigenvalue weighted by atomic mass is 19.1. The van der Waals surface area contributed by atoms with Crippen molar-refractivity contribution in [3.05, 3.63) is 29.8 Å². The number of pyridine rings is 1. The Morgan fingerprint density at radius 1 is 1.67 bits per heavy atom. The molecule has 0 N–H and O–H groups in total. The fourth-order valence-electron chi connectivity index (χ4n) is 1.92. The van der Waals surface area contributed by atoms with Crippen LogP contribution in [0.15, 0.2) is 18.3 Å². The number of nitrogens with zero attached hydrogens (tertiary/aromatic N) is 2. The van der Waals surface area contributed by atoms with Gasteiger partial charge in [0.1, 0.15) is 0 Å². The molecule has 3 nitrogen and oxygen atoms in total. The minimum Gasteiger partial charge on any atom is -0.345 e. The van der Waals surface area contributed by atoms with Gasteiger partial charge < -0.3 is 4.90 Å². The Balaban J connectivity index is 2.10. The largest absolute Gasteiger partial charge is 0.345 e. The molecule has 1 atom stereocenters. The standard InChI is InChI=1S/C11H13FN2O/c1-14-6-4-9(11(14)15)7-8-3-2-5-13-10(8)12/h2-3,5,9H,4,6-7H2,1H3. The Labute approximate surface area is 87.9 Å². The van der Waals surface area contributed by atoms with E-state index < -0.39 is 5.95 Å². The second kappa shape index (κ2) is 3.96. The number of amides is 1. The molecule has 1 unspecified atom stereocenters. The van der Waals surface area contributed by atoms with E-state index in [-0.39, 0.29) is 11.8 Å². The number of likely N-dealkylation sites (tertiary alicyclic amines) is 1. The van der Waals surface area contributed by atoms with E-state index in [1.165, 1.54) is 6.20 Å². The van der Waals surface area contributed by atoms with Crippen LogP contribution in [0.25, 0.3) is 0 Å². The van der Waals surface area contributed by atoms with Crippen LogP contribution in [0.5, 0.6) is 0 Å². The third kappa shape index (κ3) is 1.98. The van der Waals surface area contributed by atoms with E-state index in [1.807, 2.05) is 0 Å². The van der Waals surface area contributed by atoms with Gasteiger partial charge in [-0.15, -0.1) is 0 Å². The minimum atomic E-state index is -0.458. The number of aromatic nitrogens is 1. The van der Waals surface area contributed by atoms with Crippen molar-refractivity contribution >= 4 is 5.91 Å². The molecule has 0 aliphatic carbocycles. The van der Waals surface area contributed by atoms with Crippen molar-refractivity contribution in [2.24, 2.45) is 5.92 Å². The monoisotopic (exact) mass is 208 g/mol. The summed E-state index contributed by atoms with van der Waals surface area (Å²) in [6.45, 7) is 0.769. The first-order valence-corrected chi connectivity index (χ1v) is 5.03. The molecule has 1 saturated heterocycles. The van der Waals surface area contributed by atoms with Crippen LogP contribution in [-0.2, 0) is 11.2 Å². The molecule has 1 amide bonds.